The third kappa shape index (κ3) is 4.27. The monoisotopic (exact) mass is 464 g/mol. The number of rotatable bonds is 4. The Morgan fingerprint density at radius 2 is 1.59 bits per heavy atom. The van der Waals surface area contributed by atoms with Gasteiger partial charge in [-0.1, -0.05) is 51.1 Å². The van der Waals surface area contributed by atoms with E-state index in [4.69, 9.17) is 0 Å². The Kier molecular flexibility index (Phi) is 6.14. The second-order valence-electron chi connectivity index (χ2n) is 10.9. The molecule has 0 radical (unpaired) electrons. The highest BCUT2D eigenvalue weighted by Crippen LogP contribution is 2.46. The summed E-state index contributed by atoms with van der Waals surface area (Å²) in [6.45, 7) is 6.17. The van der Waals surface area contributed by atoms with E-state index in [-0.39, 0.29) is 23.0 Å². The number of carbonyl (C=O) groups is 2. The Bertz CT molecular complexity index is 1040. The SMILES string of the molecule is CN(C(=O)C(C)(C)C)c1ncc(N2C[C@]3(CC[C@](c4ccccc4)(N(C)C)CC3)NC2=O)cn1. The number of benzene rings is 1. The maximum Gasteiger partial charge on any atom is 0.322 e. The van der Waals surface area contributed by atoms with E-state index in [1.54, 1.807) is 24.3 Å². The Hall–Kier alpha value is -3.00. The lowest BCUT2D eigenvalue weighted by atomic mass is 9.69. The number of anilines is 2. The molecule has 0 atom stereocenters. The van der Waals surface area contributed by atoms with Gasteiger partial charge in [-0.2, -0.15) is 0 Å². The van der Waals surface area contributed by atoms with Gasteiger partial charge in [0.05, 0.1) is 30.2 Å². The number of hydrogen-bond acceptors (Lipinski definition) is 5. The van der Waals surface area contributed by atoms with Gasteiger partial charge in [0.15, 0.2) is 0 Å². The summed E-state index contributed by atoms with van der Waals surface area (Å²) in [6, 6.07) is 10.5. The van der Waals surface area contributed by atoms with Crippen LogP contribution >= 0.6 is 0 Å². The average molecular weight is 465 g/mol. The van der Waals surface area contributed by atoms with Crippen LogP contribution < -0.4 is 15.1 Å². The minimum atomic E-state index is -0.527. The van der Waals surface area contributed by atoms with Crippen LogP contribution in [0.2, 0.25) is 0 Å². The van der Waals surface area contributed by atoms with Crippen molar-refractivity contribution in [3.05, 3.63) is 48.3 Å². The van der Waals surface area contributed by atoms with Crippen LogP contribution in [0.1, 0.15) is 52.0 Å². The van der Waals surface area contributed by atoms with Gasteiger partial charge in [0.25, 0.3) is 0 Å². The normalized spacial score (nSPS) is 25.0. The summed E-state index contributed by atoms with van der Waals surface area (Å²) < 4.78 is 0. The lowest BCUT2D eigenvalue weighted by Crippen LogP contribution is -2.54. The number of amides is 3. The van der Waals surface area contributed by atoms with Crippen LogP contribution in [0.4, 0.5) is 16.4 Å². The summed E-state index contributed by atoms with van der Waals surface area (Å²) in [7, 11) is 5.96. The standard InChI is InChI=1S/C26H36N6O2/c1-24(2,3)21(33)31(6)22-27-16-20(17-28-22)32-18-25(29-23(32)34)12-14-26(15-13-25,30(4)5)19-10-8-7-9-11-19/h7-11,16-17H,12-15,18H2,1-6H3,(H,29,34)/t25-,26+. The van der Waals surface area contributed by atoms with Crippen LogP contribution in [-0.4, -0.2) is 60.0 Å². The Labute approximate surface area is 202 Å². The molecule has 4 rings (SSSR count). The highest BCUT2D eigenvalue weighted by Gasteiger charge is 2.50. The second kappa shape index (κ2) is 8.65. The average Bonchev–Trinajstić information content (AvgIpc) is 3.14. The number of aromatic nitrogens is 2. The third-order valence-corrected chi connectivity index (χ3v) is 7.46. The zero-order valence-electron chi connectivity index (χ0n) is 21.1. The van der Waals surface area contributed by atoms with Gasteiger partial charge in [-0.25, -0.2) is 14.8 Å². The van der Waals surface area contributed by atoms with Gasteiger partial charge in [-0.15, -0.1) is 0 Å². The molecule has 1 aromatic heterocycles. The summed E-state index contributed by atoms with van der Waals surface area (Å²) in [5, 5.41) is 3.27. The first kappa shape index (κ1) is 24.1. The van der Waals surface area contributed by atoms with E-state index in [9.17, 15) is 9.59 Å². The summed E-state index contributed by atoms with van der Waals surface area (Å²) >= 11 is 0. The summed E-state index contributed by atoms with van der Waals surface area (Å²) in [5.41, 5.74) is 1.15. The summed E-state index contributed by atoms with van der Waals surface area (Å²) in [6.07, 6.45) is 6.98. The third-order valence-electron chi connectivity index (χ3n) is 7.46. The summed E-state index contributed by atoms with van der Waals surface area (Å²) in [4.78, 5) is 39.7. The van der Waals surface area contributed by atoms with Crippen molar-refractivity contribution >= 4 is 23.6 Å². The van der Waals surface area contributed by atoms with Gasteiger partial charge >= 0.3 is 6.03 Å². The zero-order chi connectivity index (χ0) is 24.7. The van der Waals surface area contributed by atoms with E-state index >= 15 is 0 Å². The second-order valence-corrected chi connectivity index (χ2v) is 10.9. The Morgan fingerprint density at radius 3 is 2.12 bits per heavy atom. The maximum atomic E-state index is 13.0. The first-order valence-electron chi connectivity index (χ1n) is 11.9. The highest BCUT2D eigenvalue weighted by molar-refractivity contribution is 5.96. The van der Waals surface area contributed by atoms with Crippen molar-refractivity contribution in [3.8, 4) is 0 Å². The van der Waals surface area contributed by atoms with Gasteiger partial charge in [0.1, 0.15) is 0 Å². The molecule has 1 aromatic carbocycles. The first-order chi connectivity index (χ1) is 16.0. The van der Waals surface area contributed by atoms with Crippen molar-refractivity contribution in [3.63, 3.8) is 0 Å². The van der Waals surface area contributed by atoms with E-state index < -0.39 is 5.41 Å². The van der Waals surface area contributed by atoms with E-state index in [0.29, 0.717) is 18.2 Å². The number of nitrogens with zero attached hydrogens (tertiary/aromatic N) is 5. The predicted molar refractivity (Wildman–Crippen MR) is 134 cm³/mol. The molecule has 8 heteroatoms. The molecular weight excluding hydrogens is 428 g/mol. The molecule has 8 nitrogen and oxygen atoms in total. The van der Waals surface area contributed by atoms with Gasteiger partial charge in [-0.05, 0) is 45.3 Å². The molecule has 1 aliphatic carbocycles. The maximum absolute atomic E-state index is 13.0. The predicted octanol–water partition coefficient (Wildman–Crippen LogP) is 3.79. The van der Waals surface area contributed by atoms with Crippen LogP contribution in [0.15, 0.2) is 42.7 Å². The molecule has 1 aliphatic heterocycles. The van der Waals surface area contributed by atoms with Crippen LogP contribution in [-0.2, 0) is 10.3 Å². The van der Waals surface area contributed by atoms with Crippen LogP contribution in [0.3, 0.4) is 0 Å². The molecule has 34 heavy (non-hydrogen) atoms. The van der Waals surface area contributed by atoms with Crippen molar-refractivity contribution in [1.82, 2.24) is 20.2 Å². The summed E-state index contributed by atoms with van der Waals surface area (Å²) in [5.74, 6) is 0.261. The molecule has 0 bridgehead atoms. The van der Waals surface area contributed by atoms with Crippen molar-refractivity contribution in [2.45, 2.75) is 57.5 Å². The quantitative estimate of drug-likeness (QED) is 0.745. The van der Waals surface area contributed by atoms with Gasteiger partial charge in [-0.3, -0.25) is 19.5 Å². The van der Waals surface area contributed by atoms with E-state index in [2.05, 4.69) is 64.6 Å². The van der Waals surface area contributed by atoms with E-state index in [0.717, 1.165) is 25.7 Å². The highest BCUT2D eigenvalue weighted by atomic mass is 16.2. The molecular formula is C26H36N6O2. The molecule has 2 aliphatic rings. The van der Waals surface area contributed by atoms with Crippen molar-refractivity contribution in [1.29, 1.82) is 0 Å². The van der Waals surface area contributed by atoms with E-state index in [1.165, 1.54) is 10.5 Å². The largest absolute Gasteiger partial charge is 0.330 e. The van der Waals surface area contributed by atoms with Gasteiger partial charge in [0, 0.05) is 18.0 Å². The van der Waals surface area contributed by atoms with Gasteiger partial charge < -0.3 is 5.32 Å². The zero-order valence-corrected chi connectivity index (χ0v) is 21.1. The van der Waals surface area contributed by atoms with Crippen LogP contribution in [0.25, 0.3) is 0 Å². The molecule has 2 heterocycles. The molecule has 1 N–H and O–H groups in total. The fraction of sp³-hybridized carbons (Fsp3) is 0.538. The number of nitrogens with one attached hydrogen (secondary N) is 1. The number of carbonyl (C=O) groups excluding carboxylic acids is 2. The Morgan fingerprint density at radius 1 is 1.00 bits per heavy atom. The molecule has 2 aromatic rings. The van der Waals surface area contributed by atoms with Crippen LogP contribution in [0.5, 0.6) is 0 Å². The van der Waals surface area contributed by atoms with Crippen LogP contribution in [0, 0.1) is 5.41 Å². The fourth-order valence-corrected chi connectivity index (χ4v) is 5.31. The van der Waals surface area contributed by atoms with Crippen molar-refractivity contribution in [2.75, 3.05) is 37.5 Å². The molecule has 182 valence electrons. The number of hydrogen-bond donors (Lipinski definition) is 1. The fourth-order valence-electron chi connectivity index (χ4n) is 5.31. The molecule has 1 spiro atoms. The minimum Gasteiger partial charge on any atom is -0.330 e. The lowest BCUT2D eigenvalue weighted by molar-refractivity contribution is -0.125. The van der Waals surface area contributed by atoms with Crippen molar-refractivity contribution in [2.24, 2.45) is 5.41 Å². The first-order valence-corrected chi connectivity index (χ1v) is 11.9. The number of urea groups is 1. The van der Waals surface area contributed by atoms with Gasteiger partial charge in [0.2, 0.25) is 11.9 Å². The Balaban J connectivity index is 1.48. The smallest absolute Gasteiger partial charge is 0.322 e. The van der Waals surface area contributed by atoms with Crippen molar-refractivity contribution < 1.29 is 9.59 Å². The topological polar surface area (TPSA) is 81.7 Å². The molecule has 3 amide bonds. The minimum absolute atomic E-state index is 0.0282. The molecule has 1 saturated heterocycles. The molecule has 0 unspecified atom stereocenters. The molecule has 1 saturated carbocycles. The van der Waals surface area contributed by atoms with E-state index in [1.807, 2.05) is 20.8 Å². The lowest BCUT2D eigenvalue weighted by Gasteiger charge is -2.48. The molecule has 2 fully saturated rings.